The van der Waals surface area contributed by atoms with Crippen molar-refractivity contribution in [3.63, 3.8) is 0 Å². The number of rotatable bonds is 5. The maximum Gasteiger partial charge on any atom is 0.416 e. The Morgan fingerprint density at radius 1 is 1.13 bits per heavy atom. The Bertz CT molecular complexity index is 1030. The lowest BCUT2D eigenvalue weighted by Gasteiger charge is -2.31. The van der Waals surface area contributed by atoms with E-state index in [1.807, 2.05) is 30.3 Å². The summed E-state index contributed by atoms with van der Waals surface area (Å²) < 4.78 is 43.8. The summed E-state index contributed by atoms with van der Waals surface area (Å²) in [7, 11) is 0. The van der Waals surface area contributed by atoms with Crippen LogP contribution in [0.25, 0.3) is 11.4 Å². The second kappa shape index (κ2) is 8.49. The number of alkyl halides is 3. The molecule has 0 radical (unpaired) electrons. The molecule has 2 atom stereocenters. The second-order valence-electron chi connectivity index (χ2n) is 6.68. The highest BCUT2D eigenvalue weighted by Crippen LogP contribution is 2.32. The van der Waals surface area contributed by atoms with Crippen molar-refractivity contribution >= 4 is 17.7 Å². The van der Waals surface area contributed by atoms with E-state index in [2.05, 4.69) is 20.8 Å². The molecule has 1 aromatic heterocycles. The zero-order valence-corrected chi connectivity index (χ0v) is 16.3. The van der Waals surface area contributed by atoms with Crippen molar-refractivity contribution in [2.45, 2.75) is 29.9 Å². The minimum absolute atomic E-state index is 0.0738. The van der Waals surface area contributed by atoms with E-state index in [0.29, 0.717) is 6.42 Å². The predicted molar refractivity (Wildman–Crippen MR) is 105 cm³/mol. The minimum atomic E-state index is -4.45. The molecule has 156 valence electrons. The van der Waals surface area contributed by atoms with E-state index in [-0.39, 0.29) is 40.5 Å². The van der Waals surface area contributed by atoms with Gasteiger partial charge in [0, 0.05) is 18.0 Å². The average Bonchev–Trinajstić information content (AvgIpc) is 3.21. The highest BCUT2D eigenvalue weighted by Gasteiger charge is 2.31. The zero-order chi connectivity index (χ0) is 21.1. The number of carbonyl (C=O) groups excluding carboxylic acids is 1. The lowest BCUT2D eigenvalue weighted by Crippen LogP contribution is -2.50. The molecule has 2 unspecified atom stereocenters. The molecule has 10 heteroatoms. The van der Waals surface area contributed by atoms with Crippen LogP contribution in [-0.4, -0.2) is 21.5 Å². The van der Waals surface area contributed by atoms with E-state index in [4.69, 9.17) is 4.52 Å². The van der Waals surface area contributed by atoms with Gasteiger partial charge in [0.25, 0.3) is 0 Å². The summed E-state index contributed by atoms with van der Waals surface area (Å²) in [5.41, 5.74) is 0.0998. The van der Waals surface area contributed by atoms with Crippen LogP contribution in [0.2, 0.25) is 0 Å². The van der Waals surface area contributed by atoms with Gasteiger partial charge in [-0.05, 0) is 17.7 Å². The molecule has 2 aromatic carbocycles. The van der Waals surface area contributed by atoms with Gasteiger partial charge in [0.2, 0.25) is 17.6 Å². The molecule has 4 rings (SSSR count). The van der Waals surface area contributed by atoms with Crippen LogP contribution in [0.15, 0.2) is 59.1 Å². The Morgan fingerprint density at radius 3 is 2.70 bits per heavy atom. The smallest absolute Gasteiger partial charge is 0.338 e. The first-order chi connectivity index (χ1) is 14.4. The first-order valence-corrected chi connectivity index (χ1v) is 10.2. The Labute approximate surface area is 174 Å². The summed E-state index contributed by atoms with van der Waals surface area (Å²) >= 11 is 1.35. The van der Waals surface area contributed by atoms with Gasteiger partial charge in [-0.3, -0.25) is 10.1 Å². The fourth-order valence-corrected chi connectivity index (χ4v) is 3.98. The van der Waals surface area contributed by atoms with Gasteiger partial charge >= 0.3 is 6.18 Å². The number of nitrogens with one attached hydrogen (secondary N) is 2. The van der Waals surface area contributed by atoms with Gasteiger partial charge in [-0.15, -0.1) is 11.8 Å². The fraction of sp³-hybridized carbons (Fsp3) is 0.250. The predicted octanol–water partition coefficient (Wildman–Crippen LogP) is 4.12. The van der Waals surface area contributed by atoms with Gasteiger partial charge in [-0.2, -0.15) is 18.2 Å². The topological polar surface area (TPSA) is 80.1 Å². The van der Waals surface area contributed by atoms with Crippen molar-refractivity contribution in [3.8, 4) is 11.4 Å². The first-order valence-electron chi connectivity index (χ1n) is 9.11. The highest BCUT2D eigenvalue weighted by atomic mass is 32.2. The largest absolute Gasteiger partial charge is 0.416 e. The standard InChI is InChI=1S/C20H17F3N4O2S/c21-20(22,23)14-8-4-7-13(9-14)18-26-17(29-27-18)11-30-19-24-15(10-16(28)25-19)12-5-2-1-3-6-12/h1-9,15,19,24H,10-11H2,(H,25,28). The number of benzene rings is 2. The van der Waals surface area contributed by atoms with Gasteiger partial charge in [0.05, 0.1) is 11.3 Å². The zero-order valence-electron chi connectivity index (χ0n) is 15.5. The molecular formula is C20H17F3N4O2S. The van der Waals surface area contributed by atoms with E-state index in [1.165, 1.54) is 23.9 Å². The number of hydrogen-bond acceptors (Lipinski definition) is 6. The SMILES string of the molecule is O=C1CC(c2ccccc2)NC(SCc2nc(-c3cccc(C(F)(F)F)c3)no2)N1. The molecule has 6 nitrogen and oxygen atoms in total. The van der Waals surface area contributed by atoms with Crippen molar-refractivity contribution < 1.29 is 22.5 Å². The number of hydrogen-bond donors (Lipinski definition) is 2. The maximum absolute atomic E-state index is 12.9. The van der Waals surface area contributed by atoms with E-state index in [0.717, 1.165) is 17.7 Å². The monoisotopic (exact) mass is 434 g/mol. The molecule has 30 heavy (non-hydrogen) atoms. The first kappa shape index (κ1) is 20.4. The summed E-state index contributed by atoms with van der Waals surface area (Å²) in [6, 6.07) is 14.3. The molecule has 1 amide bonds. The molecule has 1 aliphatic heterocycles. The molecule has 2 N–H and O–H groups in total. The molecular weight excluding hydrogens is 417 g/mol. The molecule has 0 bridgehead atoms. The minimum Gasteiger partial charge on any atom is -0.338 e. The van der Waals surface area contributed by atoms with E-state index >= 15 is 0 Å². The van der Waals surface area contributed by atoms with Crippen LogP contribution < -0.4 is 10.6 Å². The van der Waals surface area contributed by atoms with E-state index in [9.17, 15) is 18.0 Å². The van der Waals surface area contributed by atoms with Gasteiger partial charge in [0.15, 0.2) is 0 Å². The summed E-state index contributed by atoms with van der Waals surface area (Å²) in [4.78, 5) is 16.2. The highest BCUT2D eigenvalue weighted by molar-refractivity contribution is 7.99. The normalized spacial score (nSPS) is 19.5. The van der Waals surface area contributed by atoms with Crippen molar-refractivity contribution in [1.29, 1.82) is 0 Å². The summed E-state index contributed by atoms with van der Waals surface area (Å²) in [5.74, 6) is 0.547. The Morgan fingerprint density at radius 2 is 1.93 bits per heavy atom. The van der Waals surface area contributed by atoms with Gasteiger partial charge in [-0.1, -0.05) is 47.6 Å². The lowest BCUT2D eigenvalue weighted by atomic mass is 10.0. The van der Waals surface area contributed by atoms with Crippen molar-refractivity contribution in [3.05, 3.63) is 71.6 Å². The molecule has 0 saturated carbocycles. The van der Waals surface area contributed by atoms with Crippen LogP contribution in [0.1, 0.15) is 29.5 Å². The fourth-order valence-electron chi connectivity index (χ4n) is 3.08. The van der Waals surface area contributed by atoms with Gasteiger partial charge in [-0.25, -0.2) is 0 Å². The number of nitrogens with zero attached hydrogens (tertiary/aromatic N) is 2. The van der Waals surface area contributed by atoms with E-state index < -0.39 is 11.7 Å². The number of carbonyl (C=O) groups is 1. The third kappa shape index (κ3) is 4.82. The van der Waals surface area contributed by atoms with Crippen LogP contribution in [0, 0.1) is 0 Å². The summed E-state index contributed by atoms with van der Waals surface area (Å²) in [6.45, 7) is 0. The molecule has 1 fully saturated rings. The molecule has 2 heterocycles. The Balaban J connectivity index is 1.40. The van der Waals surface area contributed by atoms with Crippen LogP contribution in [-0.2, 0) is 16.7 Å². The van der Waals surface area contributed by atoms with E-state index in [1.54, 1.807) is 0 Å². The second-order valence-corrected chi connectivity index (χ2v) is 7.78. The summed E-state index contributed by atoms with van der Waals surface area (Å²) in [6.07, 6.45) is -4.11. The molecule has 3 aromatic rings. The Kier molecular flexibility index (Phi) is 5.78. The van der Waals surface area contributed by atoms with Crippen molar-refractivity contribution in [1.82, 2.24) is 20.8 Å². The number of thioether (sulfide) groups is 1. The van der Waals surface area contributed by atoms with Crippen LogP contribution in [0.5, 0.6) is 0 Å². The molecule has 1 saturated heterocycles. The molecule has 1 aliphatic rings. The van der Waals surface area contributed by atoms with Crippen molar-refractivity contribution in [2.24, 2.45) is 0 Å². The molecule has 0 spiro atoms. The third-order valence-corrected chi connectivity index (χ3v) is 5.53. The number of amides is 1. The maximum atomic E-state index is 12.9. The lowest BCUT2D eigenvalue weighted by molar-refractivity contribution is -0.137. The average molecular weight is 434 g/mol. The number of halogens is 3. The van der Waals surface area contributed by atoms with Gasteiger partial charge in [0.1, 0.15) is 5.50 Å². The van der Waals surface area contributed by atoms with Crippen molar-refractivity contribution in [2.75, 3.05) is 0 Å². The van der Waals surface area contributed by atoms with Crippen LogP contribution in [0.4, 0.5) is 13.2 Å². The van der Waals surface area contributed by atoms with Crippen LogP contribution in [0.3, 0.4) is 0 Å². The quantitative estimate of drug-likeness (QED) is 0.629. The summed E-state index contributed by atoms with van der Waals surface area (Å²) in [5, 5.41) is 9.97. The molecule has 0 aliphatic carbocycles. The third-order valence-electron chi connectivity index (χ3n) is 4.53. The Hall–Kier alpha value is -2.85. The number of aromatic nitrogens is 2. The van der Waals surface area contributed by atoms with Gasteiger partial charge < -0.3 is 9.84 Å². The van der Waals surface area contributed by atoms with Crippen LogP contribution >= 0.6 is 11.8 Å².